The lowest BCUT2D eigenvalue weighted by Gasteiger charge is -2.36. The number of nitrogens with one attached hydrogen (secondary N) is 1. The van der Waals surface area contributed by atoms with Gasteiger partial charge in [-0.05, 0) is 51.3 Å². The predicted octanol–water partition coefficient (Wildman–Crippen LogP) is 3.96. The minimum absolute atomic E-state index is 0.0760. The highest BCUT2D eigenvalue weighted by Crippen LogP contribution is 2.47. The maximum absolute atomic E-state index is 13.0. The van der Waals surface area contributed by atoms with Gasteiger partial charge in [-0.1, -0.05) is 17.8 Å². The standard InChI is InChI=1S/C21H25N3O4S/c1-12-22-19-17(20(25)23-24(19)14-6-7-28-21(2,3)11-14)18(29-12)13-4-5-15-16(10-13)27-9-8-26-15/h4-5,10,14,18H,6-9,11H2,1-3H3,(H,23,25)/t14-,18+/m0/s1. The number of aliphatic imine (C=N–C) groups is 1. The zero-order valence-electron chi connectivity index (χ0n) is 16.9. The molecule has 7 nitrogen and oxygen atoms in total. The normalized spacial score (nSPS) is 25.3. The van der Waals surface area contributed by atoms with Crippen LogP contribution in [0.15, 0.2) is 28.0 Å². The lowest BCUT2D eigenvalue weighted by atomic mass is 9.94. The Labute approximate surface area is 173 Å². The third kappa shape index (κ3) is 3.38. The van der Waals surface area contributed by atoms with Crippen molar-refractivity contribution in [1.29, 1.82) is 0 Å². The van der Waals surface area contributed by atoms with E-state index in [0.717, 1.165) is 40.8 Å². The van der Waals surface area contributed by atoms with Crippen LogP contribution < -0.4 is 15.0 Å². The van der Waals surface area contributed by atoms with Crippen LogP contribution in [0.25, 0.3) is 0 Å². The summed E-state index contributed by atoms with van der Waals surface area (Å²) in [6, 6.07) is 6.10. The molecular formula is C21H25N3O4S. The van der Waals surface area contributed by atoms with Crippen LogP contribution >= 0.6 is 11.8 Å². The summed E-state index contributed by atoms with van der Waals surface area (Å²) in [5.74, 6) is 2.23. The van der Waals surface area contributed by atoms with E-state index < -0.39 is 0 Å². The molecule has 2 atom stereocenters. The van der Waals surface area contributed by atoms with Crippen LogP contribution in [0.2, 0.25) is 0 Å². The van der Waals surface area contributed by atoms with E-state index in [2.05, 4.69) is 18.9 Å². The van der Waals surface area contributed by atoms with Gasteiger partial charge < -0.3 is 14.2 Å². The molecule has 1 aromatic heterocycles. The molecule has 4 heterocycles. The van der Waals surface area contributed by atoms with E-state index in [9.17, 15) is 4.79 Å². The molecule has 0 saturated carbocycles. The van der Waals surface area contributed by atoms with Crippen molar-refractivity contribution >= 4 is 22.6 Å². The van der Waals surface area contributed by atoms with Gasteiger partial charge in [-0.15, -0.1) is 0 Å². The minimum atomic E-state index is -0.214. The third-order valence-corrected chi connectivity index (χ3v) is 6.83. The second-order valence-corrected chi connectivity index (χ2v) is 9.63. The van der Waals surface area contributed by atoms with E-state index >= 15 is 0 Å². The Bertz CT molecular complexity index is 1040. The Hall–Kier alpha value is -2.19. The molecular weight excluding hydrogens is 390 g/mol. The second-order valence-electron chi connectivity index (χ2n) is 8.33. The molecule has 29 heavy (non-hydrogen) atoms. The van der Waals surface area contributed by atoms with E-state index in [1.165, 1.54) is 0 Å². The quantitative estimate of drug-likeness (QED) is 0.803. The summed E-state index contributed by atoms with van der Waals surface area (Å²) in [5.41, 5.74) is 1.44. The number of aromatic amines is 1. The number of hydrogen-bond acceptors (Lipinski definition) is 6. The summed E-state index contributed by atoms with van der Waals surface area (Å²) >= 11 is 1.60. The SMILES string of the molecule is CC1=Nc2c(c(=O)[nH]n2[C@H]2CCOC(C)(C)C2)[C@@H](c2ccc3c(c2)OCCO3)S1. The first kappa shape index (κ1) is 18.8. The van der Waals surface area contributed by atoms with Gasteiger partial charge in [0.15, 0.2) is 17.3 Å². The largest absolute Gasteiger partial charge is 0.486 e. The topological polar surface area (TPSA) is 77.8 Å². The van der Waals surface area contributed by atoms with Crippen LogP contribution in [-0.2, 0) is 4.74 Å². The van der Waals surface area contributed by atoms with E-state index in [-0.39, 0.29) is 22.5 Å². The van der Waals surface area contributed by atoms with Gasteiger partial charge in [0.05, 0.1) is 27.5 Å². The van der Waals surface area contributed by atoms with Crippen LogP contribution in [0, 0.1) is 0 Å². The lowest BCUT2D eigenvalue weighted by Crippen LogP contribution is -2.35. The lowest BCUT2D eigenvalue weighted by molar-refractivity contribution is -0.0705. The van der Waals surface area contributed by atoms with Crippen LogP contribution in [0.1, 0.15) is 56.0 Å². The molecule has 8 heteroatoms. The summed E-state index contributed by atoms with van der Waals surface area (Å²) in [6.07, 6.45) is 1.69. The Morgan fingerprint density at radius 3 is 2.79 bits per heavy atom. The number of fused-ring (bicyclic) bond motifs is 2. The van der Waals surface area contributed by atoms with Gasteiger partial charge in [-0.2, -0.15) is 0 Å². The molecule has 1 aromatic carbocycles. The van der Waals surface area contributed by atoms with Gasteiger partial charge in [0.2, 0.25) is 0 Å². The Morgan fingerprint density at radius 1 is 1.21 bits per heavy atom. The van der Waals surface area contributed by atoms with Crippen molar-refractivity contribution in [3.8, 4) is 11.5 Å². The van der Waals surface area contributed by atoms with E-state index in [1.54, 1.807) is 11.8 Å². The summed E-state index contributed by atoms with van der Waals surface area (Å²) in [7, 11) is 0. The number of H-pyrrole nitrogens is 1. The fourth-order valence-electron chi connectivity index (χ4n) is 4.35. The summed E-state index contributed by atoms with van der Waals surface area (Å²) < 4.78 is 19.2. The highest BCUT2D eigenvalue weighted by Gasteiger charge is 2.36. The Balaban J connectivity index is 1.57. The van der Waals surface area contributed by atoms with Gasteiger partial charge in [0, 0.05) is 6.61 Å². The van der Waals surface area contributed by atoms with Gasteiger partial charge in [0.25, 0.3) is 5.56 Å². The Kier molecular flexibility index (Phi) is 4.51. The summed E-state index contributed by atoms with van der Waals surface area (Å²) in [4.78, 5) is 17.8. The first-order chi connectivity index (χ1) is 13.9. The summed E-state index contributed by atoms with van der Waals surface area (Å²) in [6.45, 7) is 7.95. The number of nitrogens with zero attached hydrogens (tertiary/aromatic N) is 2. The molecule has 1 N–H and O–H groups in total. The number of rotatable bonds is 2. The monoisotopic (exact) mass is 415 g/mol. The molecule has 2 aromatic rings. The zero-order chi connectivity index (χ0) is 20.2. The number of aromatic nitrogens is 2. The van der Waals surface area contributed by atoms with Gasteiger partial charge in [-0.25, -0.2) is 4.99 Å². The maximum atomic E-state index is 13.0. The van der Waals surface area contributed by atoms with Gasteiger partial charge in [-0.3, -0.25) is 14.6 Å². The number of thioether (sulfide) groups is 1. The molecule has 0 bridgehead atoms. The molecule has 3 aliphatic heterocycles. The molecule has 1 fully saturated rings. The fourth-order valence-corrected chi connectivity index (χ4v) is 5.44. The summed E-state index contributed by atoms with van der Waals surface area (Å²) in [5, 5.41) is 3.89. The predicted molar refractivity (Wildman–Crippen MR) is 113 cm³/mol. The van der Waals surface area contributed by atoms with Crippen molar-refractivity contribution < 1.29 is 14.2 Å². The molecule has 154 valence electrons. The molecule has 0 spiro atoms. The maximum Gasteiger partial charge on any atom is 0.271 e. The molecule has 5 rings (SSSR count). The van der Waals surface area contributed by atoms with E-state index in [0.29, 0.717) is 25.4 Å². The zero-order valence-corrected chi connectivity index (χ0v) is 17.7. The van der Waals surface area contributed by atoms with Crippen LogP contribution in [0.3, 0.4) is 0 Å². The van der Waals surface area contributed by atoms with Crippen molar-refractivity contribution in [2.45, 2.75) is 50.5 Å². The van der Waals surface area contributed by atoms with Crippen LogP contribution in [0.4, 0.5) is 5.82 Å². The first-order valence-electron chi connectivity index (χ1n) is 10.0. The van der Waals surface area contributed by atoms with Gasteiger partial charge in [0.1, 0.15) is 13.2 Å². The molecule has 0 aliphatic carbocycles. The Morgan fingerprint density at radius 2 is 2.00 bits per heavy atom. The number of hydrogen-bond donors (Lipinski definition) is 1. The average molecular weight is 416 g/mol. The van der Waals surface area contributed by atoms with E-state index in [1.807, 2.05) is 29.8 Å². The van der Waals surface area contributed by atoms with E-state index in [4.69, 9.17) is 19.2 Å². The molecule has 3 aliphatic rings. The van der Waals surface area contributed by atoms with Gasteiger partial charge >= 0.3 is 0 Å². The molecule has 0 unspecified atom stereocenters. The number of ether oxygens (including phenoxy) is 3. The molecule has 1 saturated heterocycles. The van der Waals surface area contributed by atoms with Crippen LogP contribution in [0.5, 0.6) is 11.5 Å². The molecule has 0 amide bonds. The highest BCUT2D eigenvalue weighted by atomic mass is 32.2. The van der Waals surface area contributed by atoms with Crippen molar-refractivity contribution in [1.82, 2.24) is 9.78 Å². The van der Waals surface area contributed by atoms with Crippen molar-refractivity contribution in [3.05, 3.63) is 39.7 Å². The van der Waals surface area contributed by atoms with Crippen molar-refractivity contribution in [2.75, 3.05) is 19.8 Å². The van der Waals surface area contributed by atoms with Crippen molar-refractivity contribution in [3.63, 3.8) is 0 Å². The molecule has 0 radical (unpaired) electrons. The highest BCUT2D eigenvalue weighted by molar-refractivity contribution is 8.14. The minimum Gasteiger partial charge on any atom is -0.486 e. The van der Waals surface area contributed by atoms with Crippen LogP contribution in [-0.4, -0.2) is 40.2 Å². The second kappa shape index (κ2) is 6.95. The smallest absolute Gasteiger partial charge is 0.271 e. The first-order valence-corrected chi connectivity index (χ1v) is 10.9. The van der Waals surface area contributed by atoms with Crippen molar-refractivity contribution in [2.24, 2.45) is 4.99 Å². The third-order valence-electron chi connectivity index (χ3n) is 5.65. The number of benzene rings is 1. The average Bonchev–Trinajstić information content (AvgIpc) is 3.02. The fraction of sp³-hybridized carbons (Fsp3) is 0.524.